The van der Waals surface area contributed by atoms with E-state index in [1.54, 1.807) is 4.90 Å². The number of carbonyl (C=O) groups excluding carboxylic acids is 1. The number of likely N-dealkylation sites (tertiary alicyclic amines) is 1. The molecule has 0 bridgehead atoms. The van der Waals surface area contributed by atoms with Crippen molar-refractivity contribution in [3.8, 4) is 0 Å². The van der Waals surface area contributed by atoms with Crippen molar-refractivity contribution in [1.29, 1.82) is 0 Å². The van der Waals surface area contributed by atoms with Gasteiger partial charge in [-0.15, -0.1) is 0 Å². The van der Waals surface area contributed by atoms with E-state index in [-0.39, 0.29) is 11.5 Å². The third kappa shape index (κ3) is 3.94. The first-order valence-electron chi connectivity index (χ1n) is 6.76. The Labute approximate surface area is 117 Å². The van der Waals surface area contributed by atoms with Crippen LogP contribution in [0.25, 0.3) is 0 Å². The SMILES string of the molecule is O=C(OCc1ccccc1)N1CCCC([N+](=O)[O-])CC1. The van der Waals surface area contributed by atoms with Gasteiger partial charge in [-0.1, -0.05) is 30.3 Å². The molecular weight excluding hydrogens is 260 g/mol. The van der Waals surface area contributed by atoms with E-state index in [1.807, 2.05) is 30.3 Å². The highest BCUT2D eigenvalue weighted by atomic mass is 16.6. The summed E-state index contributed by atoms with van der Waals surface area (Å²) in [6.07, 6.45) is 1.17. The van der Waals surface area contributed by atoms with Crippen LogP contribution in [0.1, 0.15) is 24.8 Å². The summed E-state index contributed by atoms with van der Waals surface area (Å²) in [5.74, 6) is 0. The maximum atomic E-state index is 11.9. The van der Waals surface area contributed by atoms with Gasteiger partial charge in [0.25, 0.3) is 0 Å². The van der Waals surface area contributed by atoms with Gasteiger partial charge in [0.2, 0.25) is 6.04 Å². The summed E-state index contributed by atoms with van der Waals surface area (Å²) in [5, 5.41) is 10.8. The van der Waals surface area contributed by atoms with E-state index >= 15 is 0 Å². The molecule has 0 saturated carbocycles. The van der Waals surface area contributed by atoms with Crippen molar-refractivity contribution in [2.75, 3.05) is 13.1 Å². The molecule has 2 rings (SSSR count). The topological polar surface area (TPSA) is 72.7 Å². The van der Waals surface area contributed by atoms with Crippen LogP contribution in [0.5, 0.6) is 0 Å². The van der Waals surface area contributed by atoms with Gasteiger partial charge >= 0.3 is 6.09 Å². The van der Waals surface area contributed by atoms with Gasteiger partial charge in [-0.05, 0) is 12.0 Å². The predicted molar refractivity (Wildman–Crippen MR) is 72.8 cm³/mol. The first-order chi connectivity index (χ1) is 9.66. The fourth-order valence-electron chi connectivity index (χ4n) is 2.28. The summed E-state index contributed by atoms with van der Waals surface area (Å²) in [6, 6.07) is 8.91. The van der Waals surface area contributed by atoms with Crippen LogP contribution in [0.4, 0.5) is 4.79 Å². The summed E-state index contributed by atoms with van der Waals surface area (Å²) in [6.45, 7) is 1.14. The predicted octanol–water partition coefficient (Wildman–Crippen LogP) is 2.45. The number of ether oxygens (including phenoxy) is 1. The Balaban J connectivity index is 1.82. The molecule has 20 heavy (non-hydrogen) atoms. The lowest BCUT2D eigenvalue weighted by atomic mass is 10.1. The molecule has 1 unspecified atom stereocenters. The van der Waals surface area contributed by atoms with Gasteiger partial charge in [0, 0.05) is 30.9 Å². The maximum absolute atomic E-state index is 11.9. The molecule has 1 aromatic rings. The number of nitrogens with zero attached hydrogens (tertiary/aromatic N) is 2. The third-order valence-corrected chi connectivity index (χ3v) is 3.46. The lowest BCUT2D eigenvalue weighted by Crippen LogP contribution is -2.33. The van der Waals surface area contributed by atoms with Crippen molar-refractivity contribution in [1.82, 2.24) is 4.90 Å². The molecule has 1 aromatic carbocycles. The van der Waals surface area contributed by atoms with E-state index in [9.17, 15) is 14.9 Å². The number of benzene rings is 1. The minimum atomic E-state index is -0.540. The van der Waals surface area contributed by atoms with Gasteiger partial charge in [0.1, 0.15) is 6.61 Å². The molecular formula is C14H18N2O4. The second-order valence-electron chi connectivity index (χ2n) is 4.90. The van der Waals surface area contributed by atoms with Gasteiger partial charge in [0.05, 0.1) is 0 Å². The molecule has 0 radical (unpaired) electrons. The Morgan fingerprint density at radius 1 is 1.30 bits per heavy atom. The summed E-state index contributed by atoms with van der Waals surface area (Å²) < 4.78 is 5.24. The molecule has 1 aliphatic rings. The molecule has 0 aliphatic carbocycles. The van der Waals surface area contributed by atoms with Crippen LogP contribution in [0, 0.1) is 10.1 Å². The average molecular weight is 278 g/mol. The smallest absolute Gasteiger partial charge is 0.410 e. The lowest BCUT2D eigenvalue weighted by Gasteiger charge is -2.19. The van der Waals surface area contributed by atoms with Crippen LogP contribution in [0.3, 0.4) is 0 Å². The maximum Gasteiger partial charge on any atom is 0.410 e. The first-order valence-corrected chi connectivity index (χ1v) is 6.76. The normalized spacial score (nSPS) is 19.2. The molecule has 0 N–H and O–H groups in total. The molecule has 1 heterocycles. The quantitative estimate of drug-likeness (QED) is 0.629. The van der Waals surface area contributed by atoms with Crippen LogP contribution < -0.4 is 0 Å². The van der Waals surface area contributed by atoms with Gasteiger partial charge in [0.15, 0.2) is 0 Å². The number of hydrogen-bond donors (Lipinski definition) is 0. The molecule has 0 spiro atoms. The zero-order valence-corrected chi connectivity index (χ0v) is 11.2. The second-order valence-corrected chi connectivity index (χ2v) is 4.90. The zero-order valence-electron chi connectivity index (χ0n) is 11.2. The zero-order chi connectivity index (χ0) is 14.4. The number of hydrogen-bond acceptors (Lipinski definition) is 4. The van der Waals surface area contributed by atoms with E-state index in [0.717, 1.165) is 5.56 Å². The van der Waals surface area contributed by atoms with Gasteiger partial charge in [-0.25, -0.2) is 4.79 Å². The minimum absolute atomic E-state index is 0.231. The Morgan fingerprint density at radius 3 is 2.75 bits per heavy atom. The Hall–Kier alpha value is -2.11. The molecule has 0 aromatic heterocycles. The van der Waals surface area contributed by atoms with E-state index in [0.29, 0.717) is 32.4 Å². The summed E-state index contributed by atoms with van der Waals surface area (Å²) >= 11 is 0. The number of amides is 1. The lowest BCUT2D eigenvalue weighted by molar-refractivity contribution is -0.523. The second kappa shape index (κ2) is 6.88. The van der Waals surface area contributed by atoms with Gasteiger partial charge in [-0.2, -0.15) is 0 Å². The van der Waals surface area contributed by atoms with Gasteiger partial charge in [-0.3, -0.25) is 10.1 Å². The Morgan fingerprint density at radius 2 is 2.05 bits per heavy atom. The van der Waals surface area contributed by atoms with E-state index < -0.39 is 12.1 Å². The summed E-state index contributed by atoms with van der Waals surface area (Å²) in [7, 11) is 0. The highest BCUT2D eigenvalue weighted by Gasteiger charge is 2.27. The van der Waals surface area contributed by atoms with E-state index in [1.165, 1.54) is 0 Å². The number of carbonyl (C=O) groups is 1. The molecule has 1 aliphatic heterocycles. The number of rotatable bonds is 3. The molecule has 1 saturated heterocycles. The average Bonchev–Trinajstić information content (AvgIpc) is 2.72. The molecule has 1 atom stereocenters. The largest absolute Gasteiger partial charge is 0.445 e. The Bertz CT molecular complexity index is 464. The summed E-state index contributed by atoms with van der Waals surface area (Å²) in [5.41, 5.74) is 0.929. The molecule has 108 valence electrons. The summed E-state index contributed by atoms with van der Waals surface area (Å²) in [4.78, 5) is 24.0. The van der Waals surface area contributed by atoms with Crippen molar-refractivity contribution in [3.05, 3.63) is 46.0 Å². The molecule has 1 fully saturated rings. The standard InChI is InChI=1S/C14H18N2O4/c17-14(20-11-12-5-2-1-3-6-12)15-9-4-7-13(8-10-15)16(18)19/h1-3,5-6,13H,4,7-11H2. The highest BCUT2D eigenvalue weighted by molar-refractivity contribution is 5.67. The van der Waals surface area contributed by atoms with Crippen LogP contribution in [0.2, 0.25) is 0 Å². The van der Waals surface area contributed by atoms with Crippen molar-refractivity contribution >= 4 is 6.09 Å². The monoisotopic (exact) mass is 278 g/mol. The van der Waals surface area contributed by atoms with Crippen LogP contribution in [-0.2, 0) is 11.3 Å². The van der Waals surface area contributed by atoms with Crippen molar-refractivity contribution < 1.29 is 14.5 Å². The van der Waals surface area contributed by atoms with E-state index in [2.05, 4.69) is 0 Å². The van der Waals surface area contributed by atoms with Crippen LogP contribution in [-0.4, -0.2) is 35.0 Å². The fraction of sp³-hybridized carbons (Fsp3) is 0.500. The minimum Gasteiger partial charge on any atom is -0.445 e. The van der Waals surface area contributed by atoms with Crippen LogP contribution >= 0.6 is 0 Å². The van der Waals surface area contributed by atoms with Crippen molar-refractivity contribution in [2.45, 2.75) is 31.9 Å². The molecule has 6 nitrogen and oxygen atoms in total. The Kier molecular flexibility index (Phi) is 4.92. The fourth-order valence-corrected chi connectivity index (χ4v) is 2.28. The van der Waals surface area contributed by atoms with Gasteiger partial charge < -0.3 is 9.64 Å². The van der Waals surface area contributed by atoms with Crippen molar-refractivity contribution in [2.24, 2.45) is 0 Å². The van der Waals surface area contributed by atoms with Crippen molar-refractivity contribution in [3.63, 3.8) is 0 Å². The number of nitro groups is 1. The molecule has 1 amide bonds. The first kappa shape index (κ1) is 14.3. The van der Waals surface area contributed by atoms with Crippen LogP contribution in [0.15, 0.2) is 30.3 Å². The third-order valence-electron chi connectivity index (χ3n) is 3.46. The van der Waals surface area contributed by atoms with E-state index in [4.69, 9.17) is 4.74 Å². The molecule has 6 heteroatoms. The highest BCUT2D eigenvalue weighted by Crippen LogP contribution is 2.14.